The maximum atomic E-state index is 13.3. The van der Waals surface area contributed by atoms with Gasteiger partial charge in [0.1, 0.15) is 6.04 Å². The lowest BCUT2D eigenvalue weighted by molar-refractivity contribution is -0.139. The van der Waals surface area contributed by atoms with E-state index in [-0.39, 0.29) is 24.1 Å². The molecule has 1 N–H and O–H groups in total. The van der Waals surface area contributed by atoms with Crippen molar-refractivity contribution in [1.82, 2.24) is 10.2 Å². The summed E-state index contributed by atoms with van der Waals surface area (Å²) in [6.45, 7) is 4.74. The number of benzene rings is 2. The van der Waals surface area contributed by atoms with Gasteiger partial charge in [-0.15, -0.1) is 11.8 Å². The summed E-state index contributed by atoms with van der Waals surface area (Å²) in [6, 6.07) is 12.2. The number of thioether (sulfide) groups is 1. The van der Waals surface area contributed by atoms with Gasteiger partial charge in [0, 0.05) is 39.5 Å². The van der Waals surface area contributed by atoms with Gasteiger partial charge in [0.15, 0.2) is 0 Å². The minimum atomic E-state index is -0.595. The predicted octanol–water partition coefficient (Wildman–Crippen LogP) is 6.60. The smallest absolute Gasteiger partial charge is 0.242 e. The molecular weight excluding hydrogens is 487 g/mol. The van der Waals surface area contributed by atoms with E-state index in [1.54, 1.807) is 23.1 Å². The van der Waals surface area contributed by atoms with Crippen LogP contribution in [0.4, 0.5) is 0 Å². The monoisotopic (exact) mass is 514 g/mol. The second-order valence-corrected chi connectivity index (χ2v) is 9.65. The van der Waals surface area contributed by atoms with Crippen molar-refractivity contribution in [3.8, 4) is 0 Å². The molecule has 32 heavy (non-hydrogen) atoms. The molecule has 0 aliphatic rings. The van der Waals surface area contributed by atoms with Gasteiger partial charge in [-0.1, -0.05) is 73.3 Å². The number of unbranched alkanes of at least 4 members (excludes halogenated alkanes) is 1. The van der Waals surface area contributed by atoms with Crippen LogP contribution in [0, 0.1) is 0 Å². The Morgan fingerprint density at radius 3 is 2.28 bits per heavy atom. The maximum Gasteiger partial charge on any atom is 0.242 e. The van der Waals surface area contributed by atoms with Crippen LogP contribution < -0.4 is 5.32 Å². The molecule has 0 saturated carbocycles. The molecule has 2 amide bonds. The van der Waals surface area contributed by atoms with Gasteiger partial charge < -0.3 is 10.2 Å². The van der Waals surface area contributed by atoms with Crippen LogP contribution in [0.2, 0.25) is 15.1 Å². The molecule has 2 aromatic rings. The first-order valence-corrected chi connectivity index (χ1v) is 13.0. The van der Waals surface area contributed by atoms with Crippen molar-refractivity contribution in [2.24, 2.45) is 0 Å². The van der Waals surface area contributed by atoms with Crippen molar-refractivity contribution < 1.29 is 9.59 Å². The van der Waals surface area contributed by atoms with Crippen molar-refractivity contribution in [3.05, 3.63) is 68.7 Å². The quantitative estimate of drug-likeness (QED) is 0.324. The lowest BCUT2D eigenvalue weighted by Crippen LogP contribution is -2.49. The Kier molecular flexibility index (Phi) is 11.7. The van der Waals surface area contributed by atoms with Gasteiger partial charge >= 0.3 is 0 Å². The number of halogens is 3. The van der Waals surface area contributed by atoms with E-state index < -0.39 is 6.04 Å². The molecule has 0 aliphatic heterocycles. The zero-order valence-corrected chi connectivity index (χ0v) is 21.5. The van der Waals surface area contributed by atoms with E-state index in [1.807, 2.05) is 31.2 Å². The number of rotatable bonds is 12. The highest BCUT2D eigenvalue weighted by molar-refractivity contribution is 7.99. The van der Waals surface area contributed by atoms with Crippen molar-refractivity contribution in [1.29, 1.82) is 0 Å². The lowest BCUT2D eigenvalue weighted by Gasteiger charge is -2.31. The van der Waals surface area contributed by atoms with E-state index in [0.717, 1.165) is 18.4 Å². The van der Waals surface area contributed by atoms with Crippen LogP contribution in [0.15, 0.2) is 42.5 Å². The van der Waals surface area contributed by atoms with Crippen molar-refractivity contribution in [2.45, 2.75) is 51.4 Å². The fourth-order valence-electron chi connectivity index (χ4n) is 3.20. The second-order valence-electron chi connectivity index (χ2n) is 7.41. The van der Waals surface area contributed by atoms with E-state index in [9.17, 15) is 9.59 Å². The number of hydrogen-bond acceptors (Lipinski definition) is 3. The summed E-state index contributed by atoms with van der Waals surface area (Å²) in [4.78, 5) is 27.8. The summed E-state index contributed by atoms with van der Waals surface area (Å²) in [7, 11) is 0. The lowest BCUT2D eigenvalue weighted by atomic mass is 10.1. The molecule has 0 bridgehead atoms. The molecule has 1 unspecified atom stereocenters. The van der Waals surface area contributed by atoms with Crippen LogP contribution in [-0.4, -0.2) is 35.1 Å². The first kappa shape index (κ1) is 26.8. The van der Waals surface area contributed by atoms with Crippen LogP contribution in [-0.2, 0) is 21.9 Å². The first-order valence-electron chi connectivity index (χ1n) is 10.7. The van der Waals surface area contributed by atoms with Crippen LogP contribution in [0.1, 0.15) is 44.2 Å². The predicted molar refractivity (Wildman–Crippen MR) is 137 cm³/mol. The normalized spacial score (nSPS) is 11.8. The molecule has 174 valence electrons. The molecule has 2 rings (SSSR count). The molecule has 2 aromatic carbocycles. The molecule has 1 atom stereocenters. The summed E-state index contributed by atoms with van der Waals surface area (Å²) in [5.41, 5.74) is 1.73. The Bertz CT molecular complexity index is 873. The van der Waals surface area contributed by atoms with Crippen LogP contribution in [0.3, 0.4) is 0 Å². The van der Waals surface area contributed by atoms with Gasteiger partial charge in [0.25, 0.3) is 0 Å². The fraction of sp³-hybridized carbons (Fsp3) is 0.417. The summed E-state index contributed by atoms with van der Waals surface area (Å²) >= 11 is 20.2. The minimum absolute atomic E-state index is 0.127. The zero-order valence-electron chi connectivity index (χ0n) is 18.4. The van der Waals surface area contributed by atoms with Crippen LogP contribution in [0.5, 0.6) is 0 Å². The number of carbonyl (C=O) groups excluding carboxylic acids is 2. The van der Waals surface area contributed by atoms with E-state index >= 15 is 0 Å². The third kappa shape index (κ3) is 8.18. The van der Waals surface area contributed by atoms with Gasteiger partial charge in [-0.3, -0.25) is 9.59 Å². The van der Waals surface area contributed by atoms with E-state index in [1.165, 1.54) is 11.8 Å². The molecule has 0 aromatic heterocycles. The van der Waals surface area contributed by atoms with Gasteiger partial charge in [0.2, 0.25) is 11.8 Å². The Balaban J connectivity index is 2.16. The van der Waals surface area contributed by atoms with Crippen molar-refractivity contribution >= 4 is 58.4 Å². The van der Waals surface area contributed by atoms with Gasteiger partial charge in [-0.2, -0.15) is 0 Å². The minimum Gasteiger partial charge on any atom is -0.354 e. The highest BCUT2D eigenvalue weighted by Crippen LogP contribution is 2.27. The van der Waals surface area contributed by atoms with Crippen LogP contribution in [0.25, 0.3) is 0 Å². The largest absolute Gasteiger partial charge is 0.354 e. The Labute approximate surface area is 210 Å². The molecule has 0 heterocycles. The second kappa shape index (κ2) is 14.0. The number of nitrogens with zero attached hydrogens (tertiary/aromatic N) is 1. The molecule has 0 aliphatic carbocycles. The topological polar surface area (TPSA) is 49.4 Å². The van der Waals surface area contributed by atoms with E-state index in [2.05, 4.69) is 12.2 Å². The number of nitrogens with one attached hydrogen (secondary N) is 1. The van der Waals surface area contributed by atoms with Crippen molar-refractivity contribution in [3.63, 3.8) is 0 Å². The molecule has 0 fully saturated rings. The summed E-state index contributed by atoms with van der Waals surface area (Å²) in [5.74, 6) is 0.629. The zero-order chi connectivity index (χ0) is 23.5. The molecule has 8 heteroatoms. The Hall–Kier alpha value is -1.40. The molecule has 0 radical (unpaired) electrons. The molecule has 4 nitrogen and oxygen atoms in total. The van der Waals surface area contributed by atoms with Gasteiger partial charge in [0.05, 0.1) is 5.75 Å². The molecule has 0 spiro atoms. The summed E-state index contributed by atoms with van der Waals surface area (Å²) in [5, 5.41) is 4.59. The van der Waals surface area contributed by atoms with Gasteiger partial charge in [-0.05, 0) is 42.7 Å². The third-order valence-corrected chi connectivity index (χ3v) is 6.96. The highest BCUT2D eigenvalue weighted by Gasteiger charge is 2.29. The van der Waals surface area contributed by atoms with Gasteiger partial charge in [-0.25, -0.2) is 0 Å². The summed E-state index contributed by atoms with van der Waals surface area (Å²) in [6.07, 6.45) is 2.37. The highest BCUT2D eigenvalue weighted by atomic mass is 35.5. The Morgan fingerprint density at radius 2 is 1.69 bits per heavy atom. The molecule has 0 saturated heterocycles. The van der Waals surface area contributed by atoms with Crippen molar-refractivity contribution in [2.75, 3.05) is 12.3 Å². The first-order chi connectivity index (χ1) is 15.4. The molecular formula is C24H29Cl3N2O2S. The number of carbonyl (C=O) groups is 2. The average molecular weight is 516 g/mol. The standard InChI is InChI=1S/C24H29Cl3N2O2S/c1-3-5-13-28-24(31)22(4-2)29(14-19-20(26)7-6-8-21(19)27)23(30)16-32-15-17-9-11-18(25)12-10-17/h6-12,22H,3-5,13-16H2,1-2H3,(H,28,31). The maximum absolute atomic E-state index is 13.3. The van der Waals surface area contributed by atoms with E-state index in [4.69, 9.17) is 34.8 Å². The summed E-state index contributed by atoms with van der Waals surface area (Å²) < 4.78 is 0. The SMILES string of the molecule is CCCCNC(=O)C(CC)N(Cc1c(Cl)cccc1Cl)C(=O)CSCc1ccc(Cl)cc1. The fourth-order valence-corrected chi connectivity index (χ4v) is 4.71. The third-order valence-electron chi connectivity index (χ3n) is 5.01. The van der Waals surface area contributed by atoms with Crippen LogP contribution >= 0.6 is 46.6 Å². The Morgan fingerprint density at radius 1 is 1.03 bits per heavy atom. The number of amides is 2. The number of hydrogen-bond donors (Lipinski definition) is 1. The average Bonchev–Trinajstić information content (AvgIpc) is 2.77. The van der Waals surface area contributed by atoms with E-state index in [0.29, 0.717) is 39.3 Å².